The molecule has 13 nitrogen and oxygen atoms in total. The van der Waals surface area contributed by atoms with Gasteiger partial charge in [0.25, 0.3) is 5.92 Å². The zero-order valence-electron chi connectivity index (χ0n) is 22.1. The Morgan fingerprint density at radius 3 is 2.79 bits per heavy atom. The molecule has 0 saturated carbocycles. The molecule has 0 unspecified atom stereocenters. The van der Waals surface area contributed by atoms with Crippen molar-refractivity contribution in [1.82, 2.24) is 35.5 Å². The number of nitrogens with one attached hydrogen (secondary N) is 3. The number of likely N-dealkylation sites (N-methyl/N-ethyl adjacent to an activating group) is 1. The summed E-state index contributed by atoms with van der Waals surface area (Å²) in [6.45, 7) is 4.74. The van der Waals surface area contributed by atoms with Gasteiger partial charge in [-0.25, -0.2) is 33.3 Å². The van der Waals surface area contributed by atoms with Gasteiger partial charge in [0, 0.05) is 50.9 Å². The van der Waals surface area contributed by atoms with Crippen molar-refractivity contribution < 1.29 is 27.8 Å². The minimum Gasteiger partial charge on any atom is -0.477 e. The number of piperidine rings is 2. The normalized spacial score (nSPS) is 22.5. The summed E-state index contributed by atoms with van der Waals surface area (Å²) in [5.74, 6) is -2.68. The van der Waals surface area contributed by atoms with Crippen LogP contribution in [0.25, 0.3) is 0 Å². The van der Waals surface area contributed by atoms with Crippen LogP contribution < -0.4 is 30.3 Å². The second kappa shape index (κ2) is 12.3. The van der Waals surface area contributed by atoms with Gasteiger partial charge in [-0.1, -0.05) is 0 Å². The van der Waals surface area contributed by atoms with Crippen LogP contribution in [0, 0.1) is 0 Å². The van der Waals surface area contributed by atoms with Crippen LogP contribution in [0.15, 0.2) is 24.7 Å². The van der Waals surface area contributed by atoms with Crippen molar-refractivity contribution in [1.29, 1.82) is 0 Å². The van der Waals surface area contributed by atoms with Crippen molar-refractivity contribution in [3.8, 4) is 11.8 Å². The maximum Gasteiger partial charge on any atom is 0.414 e. The Morgan fingerprint density at radius 2 is 2.08 bits per heavy atom. The summed E-state index contributed by atoms with van der Waals surface area (Å²) >= 11 is 0. The molecule has 3 N–H and O–H groups in total. The molecule has 0 bridgehead atoms. The molecule has 2 saturated heterocycles. The summed E-state index contributed by atoms with van der Waals surface area (Å²) in [5, 5.41) is 8.61. The van der Waals surface area contributed by atoms with Gasteiger partial charge in [-0.3, -0.25) is 5.32 Å². The molecule has 2 fully saturated rings. The zero-order chi connectivity index (χ0) is 28.0. The first-order valence-electron chi connectivity index (χ1n) is 12.8. The van der Waals surface area contributed by atoms with Crippen molar-refractivity contribution in [2.75, 3.05) is 43.5 Å². The third-order valence-electron chi connectivity index (χ3n) is 6.58. The first-order valence-corrected chi connectivity index (χ1v) is 12.8. The predicted molar refractivity (Wildman–Crippen MR) is 137 cm³/mol. The molecule has 0 radical (unpaired) electrons. The van der Waals surface area contributed by atoms with E-state index in [0.717, 1.165) is 24.3 Å². The van der Waals surface area contributed by atoms with Crippen molar-refractivity contribution in [3.63, 3.8) is 0 Å². The zero-order valence-corrected chi connectivity index (χ0v) is 22.1. The Kier molecular flexibility index (Phi) is 8.89. The number of hydrogen-bond donors (Lipinski definition) is 3. The highest BCUT2D eigenvalue weighted by atomic mass is 19.3. The van der Waals surface area contributed by atoms with Crippen LogP contribution >= 0.6 is 0 Å². The van der Waals surface area contributed by atoms with E-state index >= 15 is 0 Å². The number of amides is 3. The molecule has 2 aliphatic heterocycles. The SMILES string of the molecule is CCOc1cnc(NC(=O)N(C)[C@H]2CN(c3nccc(OC(=O)N[C@@H]4CCN[C@@H](C)C4)n3)CCC2(F)F)cn1. The number of anilines is 2. The molecule has 39 heavy (non-hydrogen) atoms. The number of hydrogen-bond acceptors (Lipinski definition) is 10. The molecule has 212 valence electrons. The van der Waals surface area contributed by atoms with Crippen LogP contribution in [0.1, 0.15) is 33.1 Å². The Hall–Kier alpha value is -3.88. The average molecular weight is 550 g/mol. The monoisotopic (exact) mass is 549 g/mol. The van der Waals surface area contributed by atoms with Crippen LogP contribution in [0.5, 0.6) is 11.8 Å². The van der Waals surface area contributed by atoms with E-state index in [0.29, 0.717) is 6.61 Å². The topological polar surface area (TPSA) is 147 Å². The number of carbonyl (C=O) groups excluding carboxylic acids is 2. The lowest BCUT2D eigenvalue weighted by Crippen LogP contribution is -2.60. The van der Waals surface area contributed by atoms with Gasteiger partial charge in [0.15, 0.2) is 5.82 Å². The molecule has 0 aromatic carbocycles. The fourth-order valence-corrected chi connectivity index (χ4v) is 4.51. The molecule has 0 spiro atoms. The van der Waals surface area contributed by atoms with Gasteiger partial charge in [-0.05, 0) is 33.2 Å². The number of carbonyl (C=O) groups is 2. The molecule has 15 heteroatoms. The molecule has 3 amide bonds. The van der Waals surface area contributed by atoms with Gasteiger partial charge in [0.05, 0.1) is 19.0 Å². The van der Waals surface area contributed by atoms with Gasteiger partial charge in [-0.2, -0.15) is 4.98 Å². The van der Waals surface area contributed by atoms with Gasteiger partial charge in [0.1, 0.15) is 6.04 Å². The highest BCUT2D eigenvalue weighted by Gasteiger charge is 2.48. The van der Waals surface area contributed by atoms with Crippen molar-refractivity contribution in [2.24, 2.45) is 0 Å². The molecule has 2 aliphatic rings. The number of halogens is 2. The second-order valence-electron chi connectivity index (χ2n) is 9.49. The maximum atomic E-state index is 14.9. The highest BCUT2D eigenvalue weighted by molar-refractivity contribution is 5.88. The molecule has 3 atom stereocenters. The number of ether oxygens (including phenoxy) is 2. The van der Waals surface area contributed by atoms with Crippen LogP contribution in [-0.2, 0) is 0 Å². The van der Waals surface area contributed by atoms with Crippen molar-refractivity contribution in [3.05, 3.63) is 24.7 Å². The molecule has 4 heterocycles. The fourth-order valence-electron chi connectivity index (χ4n) is 4.51. The number of aromatic nitrogens is 4. The summed E-state index contributed by atoms with van der Waals surface area (Å²) in [6, 6.07) is -0.576. The lowest BCUT2D eigenvalue weighted by Gasteiger charge is -2.42. The predicted octanol–water partition coefficient (Wildman–Crippen LogP) is 2.27. The number of rotatable bonds is 7. The van der Waals surface area contributed by atoms with Crippen molar-refractivity contribution >= 4 is 23.9 Å². The first-order chi connectivity index (χ1) is 18.6. The summed E-state index contributed by atoms with van der Waals surface area (Å²) in [7, 11) is 1.28. The minimum absolute atomic E-state index is 0.00598. The standard InChI is InChI=1S/C24H33F2N9O4/c1-4-38-20-13-29-18(12-30-20)32-22(36)34(3)17-14-35(10-7-24(17,25)26)21-28-9-6-19(33-21)39-23(37)31-16-5-8-27-15(2)11-16/h6,9,12-13,15-17,27H,4-5,7-8,10-11,14H2,1-3H3,(H,31,37)(H,29,32,36)/t15-,16+,17-/m0/s1. The van der Waals surface area contributed by atoms with E-state index in [4.69, 9.17) is 9.47 Å². The Bertz CT molecular complexity index is 1140. The summed E-state index contributed by atoms with van der Waals surface area (Å²) in [6.07, 6.45) is 4.39. The molecule has 0 aliphatic carbocycles. The largest absolute Gasteiger partial charge is 0.477 e. The average Bonchev–Trinajstić information content (AvgIpc) is 2.89. The lowest BCUT2D eigenvalue weighted by atomic mass is 10.00. The Balaban J connectivity index is 1.38. The van der Waals surface area contributed by atoms with Crippen LogP contribution in [0.2, 0.25) is 0 Å². The van der Waals surface area contributed by atoms with E-state index in [1.165, 1.54) is 36.6 Å². The highest BCUT2D eigenvalue weighted by Crippen LogP contribution is 2.33. The van der Waals surface area contributed by atoms with E-state index in [-0.39, 0.29) is 48.7 Å². The van der Waals surface area contributed by atoms with Crippen LogP contribution in [0.4, 0.5) is 30.1 Å². The molecule has 4 rings (SSSR count). The molecular weight excluding hydrogens is 516 g/mol. The second-order valence-corrected chi connectivity index (χ2v) is 9.49. The van der Waals surface area contributed by atoms with Gasteiger partial charge in [0.2, 0.25) is 17.7 Å². The quantitative estimate of drug-likeness (QED) is 0.470. The van der Waals surface area contributed by atoms with Crippen LogP contribution in [0.3, 0.4) is 0 Å². The van der Waals surface area contributed by atoms with Gasteiger partial charge in [-0.15, -0.1) is 0 Å². The minimum atomic E-state index is -3.16. The van der Waals surface area contributed by atoms with Gasteiger partial charge >= 0.3 is 12.1 Å². The summed E-state index contributed by atoms with van der Waals surface area (Å²) in [4.78, 5) is 44.1. The number of alkyl halides is 2. The van der Waals surface area contributed by atoms with E-state index in [1.54, 1.807) is 6.92 Å². The maximum absolute atomic E-state index is 14.9. The third-order valence-corrected chi connectivity index (χ3v) is 6.58. The van der Waals surface area contributed by atoms with E-state index in [2.05, 4.69) is 35.9 Å². The lowest BCUT2D eigenvalue weighted by molar-refractivity contribution is -0.0760. The van der Waals surface area contributed by atoms with E-state index in [9.17, 15) is 18.4 Å². The molecule has 2 aromatic rings. The summed E-state index contributed by atoms with van der Waals surface area (Å²) in [5.41, 5.74) is 0. The smallest absolute Gasteiger partial charge is 0.414 e. The number of nitrogens with zero attached hydrogens (tertiary/aromatic N) is 6. The first kappa shape index (κ1) is 28.1. The van der Waals surface area contributed by atoms with E-state index < -0.39 is 30.5 Å². The third kappa shape index (κ3) is 7.37. The van der Waals surface area contributed by atoms with Crippen LogP contribution in [-0.4, -0.2) is 94.3 Å². The van der Waals surface area contributed by atoms with E-state index in [1.807, 2.05) is 6.92 Å². The molecular formula is C24H33F2N9O4. The van der Waals surface area contributed by atoms with Crippen molar-refractivity contribution in [2.45, 2.75) is 57.2 Å². The number of urea groups is 1. The Labute approximate surface area is 224 Å². The summed E-state index contributed by atoms with van der Waals surface area (Å²) < 4.78 is 40.4. The Morgan fingerprint density at radius 1 is 1.26 bits per heavy atom. The molecule has 2 aromatic heterocycles. The van der Waals surface area contributed by atoms with Gasteiger partial charge < -0.3 is 29.9 Å². The fraction of sp³-hybridized carbons (Fsp3) is 0.583.